The zero-order valence-corrected chi connectivity index (χ0v) is 26.3. The van der Waals surface area contributed by atoms with Crippen LogP contribution in [-0.4, -0.2) is 49.5 Å². The number of aryl methyl sites for hydroxylation is 1. The Hall–Kier alpha value is -3.17. The number of carbonyl (C=O) groups is 2. The minimum absolute atomic E-state index is 0.131. The van der Waals surface area contributed by atoms with Gasteiger partial charge in [0.25, 0.3) is 0 Å². The summed E-state index contributed by atoms with van der Waals surface area (Å²) in [7, 11) is -3.82. The van der Waals surface area contributed by atoms with Crippen molar-refractivity contribution in [2.75, 3.05) is 17.1 Å². The van der Waals surface area contributed by atoms with Crippen LogP contribution in [0.4, 0.5) is 5.69 Å². The van der Waals surface area contributed by atoms with E-state index in [0.717, 1.165) is 37.3 Å². The van der Waals surface area contributed by atoms with Gasteiger partial charge in [-0.1, -0.05) is 70.5 Å². The minimum atomic E-state index is -3.82. The predicted octanol–water partition coefficient (Wildman–Crippen LogP) is 5.39. The van der Waals surface area contributed by atoms with Crippen LogP contribution in [0.2, 0.25) is 0 Å². The van der Waals surface area contributed by atoms with E-state index in [1.807, 2.05) is 95.3 Å². The number of amides is 2. The number of nitrogens with zero attached hydrogens (tertiary/aromatic N) is 2. The first-order valence-electron chi connectivity index (χ1n) is 13.1. The molecule has 0 aromatic heterocycles. The lowest BCUT2D eigenvalue weighted by Gasteiger charge is -2.35. The largest absolute Gasteiger partial charge is 0.350 e. The number of hydrogen-bond acceptors (Lipinski definition) is 4. The van der Waals surface area contributed by atoms with Crippen molar-refractivity contribution in [1.29, 1.82) is 0 Å². The number of sulfonamides is 1. The molecule has 3 aromatic rings. The summed E-state index contributed by atoms with van der Waals surface area (Å²) in [6.45, 7) is 9.08. The van der Waals surface area contributed by atoms with Crippen molar-refractivity contribution < 1.29 is 18.0 Å². The minimum Gasteiger partial charge on any atom is -0.350 e. The van der Waals surface area contributed by atoms with Crippen molar-refractivity contribution in [3.05, 3.63) is 99.5 Å². The van der Waals surface area contributed by atoms with Gasteiger partial charge in [-0.25, -0.2) is 8.42 Å². The molecule has 1 unspecified atom stereocenters. The van der Waals surface area contributed by atoms with Gasteiger partial charge in [-0.2, -0.15) is 0 Å². The van der Waals surface area contributed by atoms with Gasteiger partial charge in [0.05, 0.1) is 11.9 Å². The van der Waals surface area contributed by atoms with Crippen LogP contribution < -0.4 is 9.62 Å². The molecule has 0 radical (unpaired) electrons. The molecule has 0 spiro atoms. The van der Waals surface area contributed by atoms with Gasteiger partial charge in [-0.05, 0) is 75.1 Å². The molecule has 0 bridgehead atoms. The Morgan fingerprint density at radius 1 is 0.900 bits per heavy atom. The van der Waals surface area contributed by atoms with Gasteiger partial charge >= 0.3 is 0 Å². The highest BCUT2D eigenvalue weighted by molar-refractivity contribution is 9.10. The summed E-state index contributed by atoms with van der Waals surface area (Å²) in [6, 6.07) is 21.5. The lowest BCUT2D eigenvalue weighted by atomic mass is 10.0. The van der Waals surface area contributed by atoms with Gasteiger partial charge in [0, 0.05) is 23.0 Å². The van der Waals surface area contributed by atoms with E-state index in [0.29, 0.717) is 5.69 Å². The van der Waals surface area contributed by atoms with Crippen molar-refractivity contribution in [3.63, 3.8) is 0 Å². The average molecular weight is 629 g/mol. The van der Waals surface area contributed by atoms with E-state index in [1.165, 1.54) is 4.90 Å². The maximum atomic E-state index is 14.2. The Balaban J connectivity index is 2.09. The van der Waals surface area contributed by atoms with Crippen molar-refractivity contribution in [2.24, 2.45) is 0 Å². The maximum Gasteiger partial charge on any atom is 0.244 e. The third kappa shape index (κ3) is 8.66. The summed E-state index contributed by atoms with van der Waals surface area (Å²) in [5.41, 5.74) is 3.30. The number of halogens is 1. The summed E-state index contributed by atoms with van der Waals surface area (Å²) in [6.07, 6.45) is 1.36. The van der Waals surface area contributed by atoms with E-state index in [-0.39, 0.29) is 18.9 Å². The standard InChI is InChI=1S/C31H38BrN3O4S/c1-22-11-10-14-27(23(22)2)35(40(6,38)39)21-29(36)34(20-25-15-17-26(32)18-16-25)28(30(37)33-31(3,4)5)19-24-12-8-7-9-13-24/h7-18,28H,19-21H2,1-6H3,(H,33,37). The second-order valence-electron chi connectivity index (χ2n) is 11.1. The van der Waals surface area contributed by atoms with E-state index in [1.54, 1.807) is 12.1 Å². The molecule has 3 aromatic carbocycles. The summed E-state index contributed by atoms with van der Waals surface area (Å²) in [5.74, 6) is -0.779. The molecular weight excluding hydrogens is 590 g/mol. The quantitative estimate of drug-likeness (QED) is 0.327. The van der Waals surface area contributed by atoms with Crippen molar-refractivity contribution in [2.45, 2.75) is 59.2 Å². The monoisotopic (exact) mass is 627 g/mol. The fraction of sp³-hybridized carbons (Fsp3) is 0.355. The zero-order valence-electron chi connectivity index (χ0n) is 23.9. The number of anilines is 1. The second-order valence-corrected chi connectivity index (χ2v) is 13.9. The third-order valence-corrected chi connectivity index (χ3v) is 8.21. The van der Waals surface area contributed by atoms with Gasteiger partial charge in [0.1, 0.15) is 12.6 Å². The van der Waals surface area contributed by atoms with Gasteiger partial charge in [-0.15, -0.1) is 0 Å². The molecule has 40 heavy (non-hydrogen) atoms. The van der Waals surface area contributed by atoms with Crippen LogP contribution in [0.15, 0.2) is 77.3 Å². The number of rotatable bonds is 10. The number of nitrogens with one attached hydrogen (secondary N) is 1. The molecule has 0 aliphatic carbocycles. The third-order valence-electron chi connectivity index (χ3n) is 6.56. The van der Waals surface area contributed by atoms with Crippen molar-refractivity contribution in [3.8, 4) is 0 Å². The topological polar surface area (TPSA) is 86.8 Å². The van der Waals surface area contributed by atoms with Gasteiger partial charge in [0.15, 0.2) is 0 Å². The highest BCUT2D eigenvalue weighted by atomic mass is 79.9. The van der Waals surface area contributed by atoms with Crippen LogP contribution in [0.1, 0.15) is 43.0 Å². The van der Waals surface area contributed by atoms with Crippen LogP contribution >= 0.6 is 15.9 Å². The second kappa shape index (κ2) is 13.0. The van der Waals surface area contributed by atoms with Crippen LogP contribution in [-0.2, 0) is 32.6 Å². The normalized spacial score (nSPS) is 12.5. The summed E-state index contributed by atoms with van der Waals surface area (Å²) < 4.78 is 28.0. The van der Waals surface area contributed by atoms with Crippen LogP contribution in [0.25, 0.3) is 0 Å². The first-order chi connectivity index (χ1) is 18.7. The highest BCUT2D eigenvalue weighted by Crippen LogP contribution is 2.26. The Morgan fingerprint density at radius 3 is 2.10 bits per heavy atom. The first kappa shape index (κ1) is 31.4. The van der Waals surface area contributed by atoms with E-state index < -0.39 is 34.1 Å². The van der Waals surface area contributed by atoms with E-state index in [9.17, 15) is 18.0 Å². The van der Waals surface area contributed by atoms with Crippen molar-refractivity contribution >= 4 is 43.5 Å². The molecule has 0 saturated heterocycles. The van der Waals surface area contributed by atoms with E-state index in [4.69, 9.17) is 0 Å². The number of benzene rings is 3. The molecule has 0 heterocycles. The van der Waals surface area contributed by atoms with E-state index in [2.05, 4.69) is 21.2 Å². The van der Waals surface area contributed by atoms with E-state index >= 15 is 0 Å². The Kier molecular flexibility index (Phi) is 10.2. The van der Waals surface area contributed by atoms with Crippen molar-refractivity contribution in [1.82, 2.24) is 10.2 Å². The van der Waals surface area contributed by atoms with Gasteiger partial charge in [-0.3, -0.25) is 13.9 Å². The summed E-state index contributed by atoms with van der Waals surface area (Å²) >= 11 is 3.45. The first-order valence-corrected chi connectivity index (χ1v) is 15.7. The summed E-state index contributed by atoms with van der Waals surface area (Å²) in [4.78, 5) is 29.4. The molecule has 214 valence electrons. The van der Waals surface area contributed by atoms with Gasteiger partial charge < -0.3 is 10.2 Å². The SMILES string of the molecule is Cc1cccc(N(CC(=O)N(Cc2ccc(Br)cc2)C(Cc2ccccc2)C(=O)NC(C)(C)C)S(C)(=O)=O)c1C. The lowest BCUT2D eigenvalue weighted by Crippen LogP contribution is -2.56. The molecule has 1 N–H and O–H groups in total. The Morgan fingerprint density at radius 2 is 1.52 bits per heavy atom. The Labute approximate surface area is 246 Å². The molecular formula is C31H38BrN3O4S. The highest BCUT2D eigenvalue weighted by Gasteiger charge is 2.34. The molecule has 1 atom stereocenters. The summed E-state index contributed by atoms with van der Waals surface area (Å²) in [5, 5.41) is 3.03. The van der Waals surface area contributed by atoms with Crippen LogP contribution in [0, 0.1) is 13.8 Å². The average Bonchev–Trinajstić information content (AvgIpc) is 2.86. The molecule has 3 rings (SSSR count). The lowest BCUT2D eigenvalue weighted by molar-refractivity contribution is -0.140. The number of hydrogen-bond donors (Lipinski definition) is 1. The number of carbonyl (C=O) groups excluding carboxylic acids is 2. The van der Waals surface area contributed by atoms with Crippen LogP contribution in [0.5, 0.6) is 0 Å². The molecule has 0 fully saturated rings. The van der Waals surface area contributed by atoms with Gasteiger partial charge in [0.2, 0.25) is 21.8 Å². The molecule has 7 nitrogen and oxygen atoms in total. The maximum absolute atomic E-state index is 14.2. The fourth-order valence-electron chi connectivity index (χ4n) is 4.39. The fourth-order valence-corrected chi connectivity index (χ4v) is 5.56. The molecule has 0 aliphatic heterocycles. The Bertz CT molecular complexity index is 1440. The molecule has 0 aliphatic rings. The van der Waals surface area contributed by atoms with Crippen LogP contribution in [0.3, 0.4) is 0 Å². The molecule has 0 saturated carbocycles. The smallest absolute Gasteiger partial charge is 0.244 e. The predicted molar refractivity (Wildman–Crippen MR) is 165 cm³/mol. The molecule has 2 amide bonds. The molecule has 9 heteroatoms. The zero-order chi connectivity index (χ0) is 29.7.